The van der Waals surface area contributed by atoms with Crippen molar-refractivity contribution in [3.63, 3.8) is 0 Å². The molecule has 3 heterocycles. The van der Waals surface area contributed by atoms with E-state index in [0.29, 0.717) is 22.6 Å². The maximum Gasteiger partial charge on any atom is 0.200 e. The van der Waals surface area contributed by atoms with Crippen molar-refractivity contribution in [2.24, 2.45) is 0 Å². The van der Waals surface area contributed by atoms with Crippen molar-refractivity contribution in [3.8, 4) is 17.2 Å². The summed E-state index contributed by atoms with van der Waals surface area (Å²) < 4.78 is 17.6. The highest BCUT2D eigenvalue weighted by Gasteiger charge is 2.45. The number of rotatable bonds is 6. The highest BCUT2D eigenvalue weighted by molar-refractivity contribution is 5.82. The SMILES string of the molecule is COc1cc(Cc2nc3c(N)ncnc3n2[C@@H]2O[C@H](CO)[C@@H](O)[C@H]2O)cc(OC)c1O. The van der Waals surface area contributed by atoms with Gasteiger partial charge in [0.05, 0.1) is 20.8 Å². The molecular weight excluding hydrogens is 410 g/mol. The van der Waals surface area contributed by atoms with Gasteiger partial charge in [-0.15, -0.1) is 0 Å². The predicted octanol–water partition coefficient (Wildman–Crippen LogP) is -0.666. The van der Waals surface area contributed by atoms with E-state index in [2.05, 4.69) is 15.0 Å². The summed E-state index contributed by atoms with van der Waals surface area (Å²) in [4.78, 5) is 12.7. The molecule has 12 heteroatoms. The minimum absolute atomic E-state index is 0.137. The van der Waals surface area contributed by atoms with Crippen LogP contribution in [0.5, 0.6) is 17.2 Å². The first-order chi connectivity index (χ1) is 14.9. The number of aliphatic hydroxyl groups excluding tert-OH is 3. The van der Waals surface area contributed by atoms with E-state index >= 15 is 0 Å². The van der Waals surface area contributed by atoms with Crippen LogP contribution in [0.3, 0.4) is 0 Å². The third-order valence-corrected chi connectivity index (χ3v) is 5.25. The van der Waals surface area contributed by atoms with Crippen molar-refractivity contribution in [3.05, 3.63) is 29.8 Å². The minimum atomic E-state index is -1.34. The lowest BCUT2D eigenvalue weighted by molar-refractivity contribution is -0.0521. The molecule has 6 N–H and O–H groups in total. The quantitative estimate of drug-likeness (QED) is 0.333. The van der Waals surface area contributed by atoms with E-state index in [1.54, 1.807) is 12.1 Å². The van der Waals surface area contributed by atoms with Crippen molar-refractivity contribution in [1.82, 2.24) is 19.5 Å². The predicted molar refractivity (Wildman–Crippen MR) is 107 cm³/mol. The highest BCUT2D eigenvalue weighted by atomic mass is 16.6. The Morgan fingerprint density at radius 3 is 2.39 bits per heavy atom. The normalized spacial score (nSPS) is 23.4. The fourth-order valence-corrected chi connectivity index (χ4v) is 3.69. The first kappa shape index (κ1) is 21.1. The number of ether oxygens (including phenoxy) is 3. The molecule has 1 aliphatic rings. The van der Waals surface area contributed by atoms with Crippen LogP contribution in [0.15, 0.2) is 18.5 Å². The molecule has 0 radical (unpaired) electrons. The van der Waals surface area contributed by atoms with Crippen LogP contribution in [-0.2, 0) is 11.2 Å². The maximum atomic E-state index is 10.6. The Kier molecular flexibility index (Phi) is 5.54. The molecule has 166 valence electrons. The Bertz CT molecular complexity index is 1080. The van der Waals surface area contributed by atoms with Gasteiger partial charge in [-0.2, -0.15) is 0 Å². The van der Waals surface area contributed by atoms with Gasteiger partial charge >= 0.3 is 0 Å². The van der Waals surface area contributed by atoms with Crippen LogP contribution in [0.1, 0.15) is 17.6 Å². The van der Waals surface area contributed by atoms with Crippen LogP contribution in [0.4, 0.5) is 5.82 Å². The maximum absolute atomic E-state index is 10.6. The summed E-state index contributed by atoms with van der Waals surface area (Å²) in [5.74, 6) is 0.818. The number of methoxy groups -OCH3 is 2. The second kappa shape index (κ2) is 8.15. The standard InChI is InChI=1S/C19H23N5O7/c1-29-9-3-8(4-10(30-2)14(9)26)5-12-23-13-17(20)21-7-22-18(13)24(12)19-16(28)15(27)11(6-25)31-19/h3-4,7,11,15-16,19,25-28H,5-6H2,1-2H3,(H2,20,21,22)/t11-,15-,16-,19-/m1/s1. The van der Waals surface area contributed by atoms with E-state index < -0.39 is 31.1 Å². The van der Waals surface area contributed by atoms with E-state index in [1.807, 2.05) is 0 Å². The Labute approximate surface area is 176 Å². The summed E-state index contributed by atoms with van der Waals surface area (Å²) in [6, 6.07) is 3.24. The highest BCUT2D eigenvalue weighted by Crippen LogP contribution is 2.39. The molecule has 2 aromatic heterocycles. The Morgan fingerprint density at radius 1 is 1.13 bits per heavy atom. The average molecular weight is 433 g/mol. The van der Waals surface area contributed by atoms with Crippen molar-refractivity contribution >= 4 is 17.0 Å². The molecule has 0 spiro atoms. The summed E-state index contributed by atoms with van der Waals surface area (Å²) in [5.41, 5.74) is 7.23. The Balaban J connectivity index is 1.84. The largest absolute Gasteiger partial charge is 0.502 e. The van der Waals surface area contributed by atoms with Crippen LogP contribution in [0, 0.1) is 0 Å². The number of phenolic OH excluding ortho intramolecular Hbond substituents is 1. The smallest absolute Gasteiger partial charge is 0.200 e. The number of aliphatic hydroxyl groups is 3. The van der Waals surface area contributed by atoms with Crippen LogP contribution in [0.25, 0.3) is 11.2 Å². The van der Waals surface area contributed by atoms with Gasteiger partial charge in [0.2, 0.25) is 5.75 Å². The number of hydrogen-bond acceptors (Lipinski definition) is 11. The average Bonchev–Trinajstić information content (AvgIpc) is 3.26. The number of imidazole rings is 1. The molecule has 4 atom stereocenters. The molecule has 0 bridgehead atoms. The minimum Gasteiger partial charge on any atom is -0.502 e. The molecule has 0 amide bonds. The fraction of sp³-hybridized carbons (Fsp3) is 0.421. The van der Waals surface area contributed by atoms with Gasteiger partial charge in [-0.3, -0.25) is 4.57 Å². The molecule has 1 aliphatic heterocycles. The van der Waals surface area contributed by atoms with E-state index in [9.17, 15) is 20.4 Å². The number of nitrogens with zero attached hydrogens (tertiary/aromatic N) is 4. The molecule has 12 nitrogen and oxygen atoms in total. The topological polar surface area (TPSA) is 178 Å². The first-order valence-corrected chi connectivity index (χ1v) is 9.43. The number of hydrogen-bond donors (Lipinski definition) is 5. The fourth-order valence-electron chi connectivity index (χ4n) is 3.69. The molecular formula is C19H23N5O7. The number of fused-ring (bicyclic) bond motifs is 1. The number of phenols is 1. The van der Waals surface area contributed by atoms with Crippen molar-refractivity contribution in [2.75, 3.05) is 26.6 Å². The van der Waals surface area contributed by atoms with Gasteiger partial charge in [-0.25, -0.2) is 15.0 Å². The molecule has 31 heavy (non-hydrogen) atoms. The van der Waals surface area contributed by atoms with E-state index in [1.165, 1.54) is 25.1 Å². The van der Waals surface area contributed by atoms with Gasteiger partial charge in [0, 0.05) is 6.42 Å². The van der Waals surface area contributed by atoms with E-state index in [4.69, 9.17) is 19.9 Å². The van der Waals surface area contributed by atoms with Gasteiger partial charge in [-0.05, 0) is 17.7 Å². The van der Waals surface area contributed by atoms with Gasteiger partial charge in [0.15, 0.2) is 34.7 Å². The van der Waals surface area contributed by atoms with Crippen molar-refractivity contribution < 1.29 is 34.6 Å². The Morgan fingerprint density at radius 2 is 1.81 bits per heavy atom. The molecule has 3 aromatic rings. The van der Waals surface area contributed by atoms with Crippen molar-refractivity contribution in [1.29, 1.82) is 0 Å². The molecule has 1 saturated heterocycles. The number of anilines is 1. The summed E-state index contributed by atoms with van der Waals surface area (Å²) >= 11 is 0. The number of nitrogens with two attached hydrogens (primary N) is 1. The third kappa shape index (κ3) is 3.49. The molecule has 4 rings (SSSR count). The van der Waals surface area contributed by atoms with Gasteiger partial charge < -0.3 is 40.4 Å². The number of nitrogen functional groups attached to an aromatic ring is 1. The van der Waals surface area contributed by atoms with Crippen LogP contribution < -0.4 is 15.2 Å². The summed E-state index contributed by atoms with van der Waals surface area (Å²) in [5, 5.41) is 40.4. The lowest BCUT2D eigenvalue weighted by Crippen LogP contribution is -2.33. The molecule has 0 unspecified atom stereocenters. The second-order valence-corrected chi connectivity index (χ2v) is 7.08. The van der Waals surface area contributed by atoms with Crippen LogP contribution in [-0.4, -0.2) is 79.1 Å². The zero-order chi connectivity index (χ0) is 22.3. The zero-order valence-electron chi connectivity index (χ0n) is 16.8. The van der Waals surface area contributed by atoms with E-state index in [-0.39, 0.29) is 29.5 Å². The van der Waals surface area contributed by atoms with Crippen LogP contribution >= 0.6 is 0 Å². The monoisotopic (exact) mass is 433 g/mol. The third-order valence-electron chi connectivity index (χ3n) is 5.25. The lowest BCUT2D eigenvalue weighted by Gasteiger charge is -2.19. The second-order valence-electron chi connectivity index (χ2n) is 7.08. The number of aromatic nitrogens is 4. The lowest BCUT2D eigenvalue weighted by atomic mass is 10.1. The van der Waals surface area contributed by atoms with Gasteiger partial charge in [0.25, 0.3) is 0 Å². The Hall–Kier alpha value is -3.19. The summed E-state index contributed by atoms with van der Waals surface area (Å²) in [7, 11) is 2.84. The molecule has 1 fully saturated rings. The van der Waals surface area contributed by atoms with Gasteiger partial charge in [-0.1, -0.05) is 0 Å². The van der Waals surface area contributed by atoms with Crippen LogP contribution in [0.2, 0.25) is 0 Å². The van der Waals surface area contributed by atoms with Crippen molar-refractivity contribution in [2.45, 2.75) is 31.0 Å². The molecule has 1 aromatic carbocycles. The molecule has 0 saturated carbocycles. The van der Waals surface area contributed by atoms with E-state index in [0.717, 1.165) is 0 Å². The number of benzene rings is 1. The summed E-state index contributed by atoms with van der Waals surface area (Å²) in [6.45, 7) is -0.472. The first-order valence-electron chi connectivity index (χ1n) is 9.43. The molecule has 0 aliphatic carbocycles. The summed E-state index contributed by atoms with van der Waals surface area (Å²) in [6.07, 6.45) is -3.23. The van der Waals surface area contributed by atoms with Gasteiger partial charge in [0.1, 0.15) is 30.5 Å². The zero-order valence-corrected chi connectivity index (χ0v) is 16.8. The number of aromatic hydroxyl groups is 1.